The minimum Gasteiger partial charge on any atom is -1.00 e. The molecule has 0 aliphatic heterocycles. The van der Waals surface area contributed by atoms with Crippen molar-refractivity contribution in [3.05, 3.63) is 29.6 Å². The van der Waals surface area contributed by atoms with E-state index in [0.29, 0.717) is 12.4 Å². The molecule has 0 bridgehead atoms. The van der Waals surface area contributed by atoms with Gasteiger partial charge in [0, 0.05) is 6.54 Å². The minimum atomic E-state index is -0.279. The molecule has 0 spiro atoms. The second-order valence-corrected chi connectivity index (χ2v) is 5.97. The van der Waals surface area contributed by atoms with Crippen molar-refractivity contribution in [3.63, 3.8) is 0 Å². The third kappa shape index (κ3) is 11.0. The van der Waals surface area contributed by atoms with Crippen LogP contribution in [0.4, 0.5) is 4.39 Å². The molecule has 1 aromatic rings. The fraction of sp³-hybridized carbons (Fsp3) is 0.625. The standard InChI is InChI=1S/C15H26FN2O.CH4.2HI/c1-13-6-7-15(14(16)12-13)19-11-10-18(4,5)9-8-17(2)3;;;/h6-7,12H,8-11H2,1-5H3;1H4;2*1H/q+1;;;/p-2. The number of likely N-dealkylation sites (N-methyl/N-ethyl adjacent to an activating group) is 2. The Hall–Kier alpha value is 0.330. The van der Waals surface area contributed by atoms with Crippen LogP contribution in [0.3, 0.4) is 0 Å². The van der Waals surface area contributed by atoms with E-state index in [9.17, 15) is 4.39 Å². The summed E-state index contributed by atoms with van der Waals surface area (Å²) in [6, 6.07) is 5.07. The molecule has 6 heteroatoms. The molecule has 0 saturated carbocycles. The molecule has 0 heterocycles. The quantitative estimate of drug-likeness (QED) is 0.268. The number of ether oxygens (including phenoxy) is 1. The Kier molecular flexibility index (Phi) is 15.7. The summed E-state index contributed by atoms with van der Waals surface area (Å²) >= 11 is 0. The number of quaternary nitrogens is 1. The maximum absolute atomic E-state index is 13.6. The van der Waals surface area contributed by atoms with Crippen molar-refractivity contribution in [1.29, 1.82) is 0 Å². The van der Waals surface area contributed by atoms with E-state index >= 15 is 0 Å². The predicted molar refractivity (Wildman–Crippen MR) is 83.8 cm³/mol. The van der Waals surface area contributed by atoms with Crippen molar-refractivity contribution < 1.29 is 61.6 Å². The molecular formula is C16H30FI2N2O-. The molecule has 0 saturated heterocycles. The Bertz CT molecular complexity index is 415. The largest absolute Gasteiger partial charge is 1.00 e. The van der Waals surface area contributed by atoms with Gasteiger partial charge in [0.05, 0.1) is 20.6 Å². The summed E-state index contributed by atoms with van der Waals surface area (Å²) in [6.45, 7) is 5.34. The lowest BCUT2D eigenvalue weighted by molar-refractivity contribution is -0.889. The monoisotopic (exact) mass is 539 g/mol. The van der Waals surface area contributed by atoms with Gasteiger partial charge in [0.2, 0.25) is 0 Å². The van der Waals surface area contributed by atoms with Gasteiger partial charge in [-0.25, -0.2) is 4.39 Å². The molecule has 1 aromatic carbocycles. The highest BCUT2D eigenvalue weighted by molar-refractivity contribution is 5.28. The number of hydrogen-bond acceptors (Lipinski definition) is 2. The van der Waals surface area contributed by atoms with Crippen LogP contribution in [0, 0.1) is 12.7 Å². The lowest BCUT2D eigenvalue weighted by atomic mass is 10.2. The van der Waals surface area contributed by atoms with Crippen molar-refractivity contribution in [2.75, 3.05) is 54.4 Å². The average molecular weight is 539 g/mol. The van der Waals surface area contributed by atoms with Crippen molar-refractivity contribution >= 4 is 0 Å². The Labute approximate surface area is 169 Å². The number of hydrogen-bond donors (Lipinski definition) is 0. The summed E-state index contributed by atoms with van der Waals surface area (Å²) in [7, 11) is 8.47. The van der Waals surface area contributed by atoms with Gasteiger partial charge in [-0.3, -0.25) is 0 Å². The van der Waals surface area contributed by atoms with Crippen LogP contribution in [-0.4, -0.2) is 63.8 Å². The Morgan fingerprint density at radius 3 is 2.23 bits per heavy atom. The minimum absolute atomic E-state index is 0. The van der Waals surface area contributed by atoms with Crippen LogP contribution in [0.1, 0.15) is 13.0 Å². The van der Waals surface area contributed by atoms with Crippen LogP contribution < -0.4 is 52.7 Å². The molecule has 0 aliphatic rings. The maximum Gasteiger partial charge on any atom is 0.165 e. The van der Waals surface area contributed by atoms with E-state index in [2.05, 4.69) is 33.1 Å². The molecule has 0 fully saturated rings. The first-order valence-corrected chi connectivity index (χ1v) is 6.66. The van der Waals surface area contributed by atoms with Crippen molar-refractivity contribution in [2.45, 2.75) is 14.4 Å². The van der Waals surface area contributed by atoms with Gasteiger partial charge in [0.15, 0.2) is 11.6 Å². The van der Waals surface area contributed by atoms with Gasteiger partial charge >= 0.3 is 0 Å². The van der Waals surface area contributed by atoms with Gasteiger partial charge in [-0.2, -0.15) is 0 Å². The van der Waals surface area contributed by atoms with Gasteiger partial charge < -0.3 is 62.1 Å². The molecular weight excluding hydrogens is 509 g/mol. The van der Waals surface area contributed by atoms with Gasteiger partial charge in [-0.05, 0) is 38.7 Å². The smallest absolute Gasteiger partial charge is 0.165 e. The van der Waals surface area contributed by atoms with Gasteiger partial charge in [0.25, 0.3) is 0 Å². The molecule has 0 aromatic heterocycles. The van der Waals surface area contributed by atoms with E-state index in [-0.39, 0.29) is 61.2 Å². The van der Waals surface area contributed by atoms with Gasteiger partial charge in [-0.1, -0.05) is 13.5 Å². The Morgan fingerprint density at radius 2 is 1.73 bits per heavy atom. The fourth-order valence-electron chi connectivity index (χ4n) is 1.71. The van der Waals surface area contributed by atoms with E-state index in [0.717, 1.165) is 29.7 Å². The molecule has 0 radical (unpaired) electrons. The molecule has 22 heavy (non-hydrogen) atoms. The maximum atomic E-state index is 13.6. The van der Waals surface area contributed by atoms with Gasteiger partial charge in [-0.15, -0.1) is 0 Å². The van der Waals surface area contributed by atoms with Crippen molar-refractivity contribution in [2.24, 2.45) is 0 Å². The van der Waals surface area contributed by atoms with Crippen molar-refractivity contribution in [3.8, 4) is 5.75 Å². The lowest BCUT2D eigenvalue weighted by Crippen LogP contribution is -3.00. The number of rotatable bonds is 7. The third-order valence-corrected chi connectivity index (χ3v) is 3.19. The second kappa shape index (κ2) is 12.7. The third-order valence-electron chi connectivity index (χ3n) is 3.19. The van der Waals surface area contributed by atoms with E-state index in [1.54, 1.807) is 6.07 Å². The number of nitrogens with zero attached hydrogens (tertiary/aromatic N) is 2. The van der Waals surface area contributed by atoms with Crippen LogP contribution in [0.15, 0.2) is 18.2 Å². The molecule has 132 valence electrons. The molecule has 0 atom stereocenters. The first-order valence-electron chi connectivity index (χ1n) is 6.66. The van der Waals surface area contributed by atoms with Crippen molar-refractivity contribution in [1.82, 2.24) is 4.90 Å². The Morgan fingerprint density at radius 1 is 1.14 bits per heavy atom. The zero-order valence-electron chi connectivity index (χ0n) is 13.5. The van der Waals surface area contributed by atoms with E-state index in [4.69, 9.17) is 4.74 Å². The predicted octanol–water partition coefficient (Wildman–Crippen LogP) is -3.20. The molecule has 1 rings (SSSR count). The summed E-state index contributed by atoms with van der Waals surface area (Å²) in [6.07, 6.45) is 0. The molecule has 0 unspecified atom stereocenters. The summed E-state index contributed by atoms with van der Waals surface area (Å²) in [5.74, 6) is 0.0665. The summed E-state index contributed by atoms with van der Waals surface area (Å²) in [4.78, 5) is 2.17. The van der Waals surface area contributed by atoms with E-state index in [1.165, 1.54) is 6.07 Å². The fourth-order valence-corrected chi connectivity index (χ4v) is 1.71. The van der Waals surface area contributed by atoms with Crippen LogP contribution in [0.5, 0.6) is 5.75 Å². The van der Waals surface area contributed by atoms with E-state index < -0.39 is 0 Å². The highest BCUT2D eigenvalue weighted by Crippen LogP contribution is 2.17. The lowest BCUT2D eigenvalue weighted by Gasteiger charge is -2.30. The topological polar surface area (TPSA) is 12.5 Å². The zero-order chi connectivity index (χ0) is 14.5. The first kappa shape index (κ1) is 27.2. The highest BCUT2D eigenvalue weighted by atomic mass is 127. The molecule has 0 amide bonds. The van der Waals surface area contributed by atoms with Crippen LogP contribution >= 0.6 is 0 Å². The Balaban J connectivity index is -0.00000120. The second-order valence-electron chi connectivity index (χ2n) is 5.97. The summed E-state index contributed by atoms with van der Waals surface area (Å²) in [5, 5.41) is 0. The molecule has 0 aliphatic carbocycles. The summed E-state index contributed by atoms with van der Waals surface area (Å²) < 4.78 is 20.0. The number of halogens is 3. The molecule has 3 nitrogen and oxygen atoms in total. The normalized spacial score (nSPS) is 10.3. The molecule has 0 N–H and O–H groups in total. The highest BCUT2D eigenvalue weighted by Gasteiger charge is 2.15. The van der Waals surface area contributed by atoms with Crippen LogP contribution in [-0.2, 0) is 0 Å². The number of aryl methyl sites for hydroxylation is 1. The SMILES string of the molecule is C.Cc1ccc(OCC[N+](C)(C)CCN(C)C)c(F)c1.[I-].[I-]. The summed E-state index contributed by atoms with van der Waals surface area (Å²) in [5.41, 5.74) is 0.909. The average Bonchev–Trinajstić information content (AvgIpc) is 2.29. The van der Waals surface area contributed by atoms with Gasteiger partial charge in [0.1, 0.15) is 13.2 Å². The zero-order valence-corrected chi connectivity index (χ0v) is 17.8. The number of benzene rings is 1. The van der Waals surface area contributed by atoms with E-state index in [1.807, 2.05) is 13.0 Å². The van der Waals surface area contributed by atoms with Crippen LogP contribution in [0.2, 0.25) is 0 Å². The van der Waals surface area contributed by atoms with Crippen LogP contribution in [0.25, 0.3) is 0 Å². The first-order chi connectivity index (χ1) is 8.80.